The molecule has 1 unspecified atom stereocenters. The normalized spacial score (nSPS) is 25.3. The second kappa shape index (κ2) is 2.12. The third kappa shape index (κ3) is 1.22. The highest BCUT2D eigenvalue weighted by molar-refractivity contribution is 5.29. The standard InChI is InChI=1S/C7H12N4O/c1-7(2)3-4(7)9-6-11-10-5(8)12-6/h4H,3H2,1-2H3,(H2,8,10)(H,9,11). The Morgan fingerprint density at radius 3 is 2.67 bits per heavy atom. The van der Waals surface area contributed by atoms with Crippen molar-refractivity contribution in [3.63, 3.8) is 0 Å². The Morgan fingerprint density at radius 2 is 2.25 bits per heavy atom. The van der Waals surface area contributed by atoms with E-state index in [-0.39, 0.29) is 6.01 Å². The third-order valence-corrected chi connectivity index (χ3v) is 2.25. The predicted molar refractivity (Wildman–Crippen MR) is 44.5 cm³/mol. The van der Waals surface area contributed by atoms with Crippen LogP contribution in [0.5, 0.6) is 0 Å². The Morgan fingerprint density at radius 1 is 1.58 bits per heavy atom. The molecule has 3 N–H and O–H groups in total. The zero-order valence-corrected chi connectivity index (χ0v) is 7.16. The molecular weight excluding hydrogens is 156 g/mol. The van der Waals surface area contributed by atoms with E-state index in [0.29, 0.717) is 17.5 Å². The molecule has 1 aliphatic carbocycles. The van der Waals surface area contributed by atoms with E-state index in [2.05, 4.69) is 29.4 Å². The lowest BCUT2D eigenvalue weighted by Crippen LogP contribution is -2.08. The Kier molecular flexibility index (Phi) is 1.31. The first-order valence-corrected chi connectivity index (χ1v) is 3.93. The van der Waals surface area contributed by atoms with E-state index in [4.69, 9.17) is 10.2 Å². The van der Waals surface area contributed by atoms with Gasteiger partial charge < -0.3 is 15.5 Å². The molecule has 5 nitrogen and oxygen atoms in total. The van der Waals surface area contributed by atoms with Crippen LogP contribution in [0.15, 0.2) is 4.42 Å². The Bertz CT molecular complexity index is 293. The molecule has 1 fully saturated rings. The van der Waals surface area contributed by atoms with Gasteiger partial charge in [-0.2, -0.15) is 0 Å². The minimum absolute atomic E-state index is 0.107. The van der Waals surface area contributed by atoms with Crippen LogP contribution in [-0.4, -0.2) is 16.2 Å². The number of nitrogens with zero attached hydrogens (tertiary/aromatic N) is 2. The fourth-order valence-electron chi connectivity index (χ4n) is 1.16. The summed E-state index contributed by atoms with van der Waals surface area (Å²) < 4.78 is 4.97. The van der Waals surface area contributed by atoms with Crippen molar-refractivity contribution < 1.29 is 4.42 Å². The van der Waals surface area contributed by atoms with Crippen molar-refractivity contribution >= 4 is 12.0 Å². The molecular formula is C7H12N4O. The van der Waals surface area contributed by atoms with Crippen molar-refractivity contribution in [3.05, 3.63) is 0 Å². The molecule has 1 aromatic heterocycles. The van der Waals surface area contributed by atoms with E-state index in [1.165, 1.54) is 0 Å². The van der Waals surface area contributed by atoms with Gasteiger partial charge in [-0.05, 0) is 11.8 Å². The minimum atomic E-state index is 0.107. The van der Waals surface area contributed by atoms with Crippen molar-refractivity contribution in [2.45, 2.75) is 26.3 Å². The quantitative estimate of drug-likeness (QED) is 0.685. The van der Waals surface area contributed by atoms with E-state index in [9.17, 15) is 0 Å². The SMILES string of the molecule is CC1(C)CC1Nc1nnc(N)o1. The predicted octanol–water partition coefficient (Wildman–Crippen LogP) is 0.862. The maximum absolute atomic E-state index is 5.26. The molecule has 0 saturated heterocycles. The number of aromatic nitrogens is 2. The summed E-state index contributed by atoms with van der Waals surface area (Å²) in [6.45, 7) is 4.37. The van der Waals surface area contributed by atoms with Crippen molar-refractivity contribution in [3.8, 4) is 0 Å². The van der Waals surface area contributed by atoms with Crippen molar-refractivity contribution in [1.29, 1.82) is 0 Å². The fraction of sp³-hybridized carbons (Fsp3) is 0.714. The average molecular weight is 168 g/mol. The highest BCUT2D eigenvalue weighted by Gasteiger charge is 2.46. The van der Waals surface area contributed by atoms with E-state index in [1.54, 1.807) is 0 Å². The summed E-state index contributed by atoms with van der Waals surface area (Å²) in [5, 5.41) is 10.4. The largest absolute Gasteiger partial charge is 0.390 e. The zero-order chi connectivity index (χ0) is 8.77. The van der Waals surface area contributed by atoms with Crippen LogP contribution in [0.25, 0.3) is 0 Å². The van der Waals surface area contributed by atoms with Crippen LogP contribution in [0.2, 0.25) is 0 Å². The van der Waals surface area contributed by atoms with Gasteiger partial charge in [0.15, 0.2) is 0 Å². The summed E-state index contributed by atoms with van der Waals surface area (Å²) in [4.78, 5) is 0. The van der Waals surface area contributed by atoms with Crippen LogP contribution in [0.3, 0.4) is 0 Å². The zero-order valence-electron chi connectivity index (χ0n) is 7.16. The summed E-state index contributed by atoms with van der Waals surface area (Å²) >= 11 is 0. The van der Waals surface area contributed by atoms with Gasteiger partial charge in [-0.1, -0.05) is 24.0 Å². The number of nitrogens with one attached hydrogen (secondary N) is 1. The van der Waals surface area contributed by atoms with Gasteiger partial charge >= 0.3 is 12.0 Å². The van der Waals surface area contributed by atoms with E-state index in [1.807, 2.05) is 0 Å². The monoisotopic (exact) mass is 168 g/mol. The number of anilines is 2. The number of nitrogens with two attached hydrogens (primary N) is 1. The Balaban J connectivity index is 1.97. The van der Waals surface area contributed by atoms with E-state index < -0.39 is 0 Å². The third-order valence-electron chi connectivity index (χ3n) is 2.25. The molecule has 0 radical (unpaired) electrons. The maximum atomic E-state index is 5.26. The maximum Gasteiger partial charge on any atom is 0.317 e. The first-order valence-electron chi connectivity index (χ1n) is 3.93. The molecule has 5 heteroatoms. The van der Waals surface area contributed by atoms with Crippen LogP contribution in [0.4, 0.5) is 12.0 Å². The molecule has 66 valence electrons. The molecule has 0 amide bonds. The molecule has 0 bridgehead atoms. The fourth-order valence-corrected chi connectivity index (χ4v) is 1.16. The van der Waals surface area contributed by atoms with Crippen LogP contribution in [-0.2, 0) is 0 Å². The van der Waals surface area contributed by atoms with Crippen molar-refractivity contribution in [2.75, 3.05) is 11.1 Å². The van der Waals surface area contributed by atoms with Gasteiger partial charge in [0.1, 0.15) is 0 Å². The summed E-state index contributed by atoms with van der Waals surface area (Å²) in [7, 11) is 0. The van der Waals surface area contributed by atoms with Crippen molar-refractivity contribution in [2.24, 2.45) is 5.41 Å². The topological polar surface area (TPSA) is 77.0 Å². The lowest BCUT2D eigenvalue weighted by Gasteiger charge is -2.01. The lowest BCUT2D eigenvalue weighted by molar-refractivity contribution is 0.570. The summed E-state index contributed by atoms with van der Waals surface area (Å²) in [5.74, 6) is 0. The molecule has 0 aromatic carbocycles. The Hall–Kier alpha value is -1.26. The van der Waals surface area contributed by atoms with Gasteiger partial charge in [0.05, 0.1) is 0 Å². The number of rotatable bonds is 2. The van der Waals surface area contributed by atoms with Crippen LogP contribution in [0, 0.1) is 5.41 Å². The van der Waals surface area contributed by atoms with Gasteiger partial charge in [-0.25, -0.2) is 0 Å². The van der Waals surface area contributed by atoms with Gasteiger partial charge in [0, 0.05) is 6.04 Å². The second-order valence-corrected chi connectivity index (χ2v) is 3.84. The van der Waals surface area contributed by atoms with Crippen LogP contribution < -0.4 is 11.1 Å². The highest BCUT2D eigenvalue weighted by Crippen LogP contribution is 2.46. The van der Waals surface area contributed by atoms with E-state index >= 15 is 0 Å². The summed E-state index contributed by atoms with van der Waals surface area (Å²) in [6.07, 6.45) is 1.13. The average Bonchev–Trinajstić information content (AvgIpc) is 2.41. The van der Waals surface area contributed by atoms with Crippen molar-refractivity contribution in [1.82, 2.24) is 10.2 Å². The molecule has 1 aliphatic rings. The molecule has 0 aliphatic heterocycles. The van der Waals surface area contributed by atoms with Crippen LogP contribution >= 0.6 is 0 Å². The summed E-state index contributed by atoms with van der Waals surface area (Å²) in [5.41, 5.74) is 5.61. The molecule has 2 rings (SSSR count). The summed E-state index contributed by atoms with van der Waals surface area (Å²) in [6, 6.07) is 0.969. The smallest absolute Gasteiger partial charge is 0.317 e. The number of nitrogen functional groups attached to an aromatic ring is 1. The van der Waals surface area contributed by atoms with Gasteiger partial charge in [-0.15, -0.1) is 0 Å². The van der Waals surface area contributed by atoms with Gasteiger partial charge in [-0.3, -0.25) is 0 Å². The Labute approximate surface area is 70.3 Å². The first-order chi connectivity index (χ1) is 5.58. The lowest BCUT2D eigenvalue weighted by atomic mass is 10.2. The van der Waals surface area contributed by atoms with Gasteiger partial charge in [0.2, 0.25) is 0 Å². The van der Waals surface area contributed by atoms with E-state index in [0.717, 1.165) is 6.42 Å². The molecule has 0 spiro atoms. The molecule has 1 aromatic rings. The number of hydrogen-bond acceptors (Lipinski definition) is 5. The minimum Gasteiger partial charge on any atom is -0.390 e. The molecule has 1 heterocycles. The number of hydrogen-bond donors (Lipinski definition) is 2. The molecule has 12 heavy (non-hydrogen) atoms. The highest BCUT2D eigenvalue weighted by atomic mass is 16.4. The van der Waals surface area contributed by atoms with Crippen LogP contribution in [0.1, 0.15) is 20.3 Å². The first kappa shape index (κ1) is 7.39. The molecule has 1 saturated carbocycles. The van der Waals surface area contributed by atoms with Gasteiger partial charge in [0.25, 0.3) is 0 Å². The molecule has 1 atom stereocenters. The second-order valence-electron chi connectivity index (χ2n) is 3.84.